The Morgan fingerprint density at radius 2 is 1.96 bits per heavy atom. The van der Waals surface area contributed by atoms with E-state index in [4.69, 9.17) is 0 Å². The van der Waals surface area contributed by atoms with Gasteiger partial charge in [0, 0.05) is 25.0 Å². The summed E-state index contributed by atoms with van der Waals surface area (Å²) in [5.74, 6) is 3.23. The molecule has 3 atom stereocenters. The minimum atomic E-state index is 0.0606. The highest BCUT2D eigenvalue weighted by Crippen LogP contribution is 2.34. The van der Waals surface area contributed by atoms with Gasteiger partial charge < -0.3 is 10.2 Å². The monoisotopic (exact) mass is 317 g/mol. The molecule has 1 aliphatic carbocycles. The Bertz CT molecular complexity index is 549. The first-order chi connectivity index (χ1) is 11.2. The largest absolute Gasteiger partial charge is 0.341 e. The van der Waals surface area contributed by atoms with Gasteiger partial charge in [-0.25, -0.2) is 4.98 Å². The zero-order valence-electron chi connectivity index (χ0n) is 13.9. The lowest BCUT2D eigenvalue weighted by Gasteiger charge is -2.32. The van der Waals surface area contributed by atoms with Crippen LogP contribution in [0.3, 0.4) is 0 Å². The maximum absolute atomic E-state index is 12.8. The van der Waals surface area contributed by atoms with Crippen LogP contribution in [0.5, 0.6) is 0 Å². The summed E-state index contributed by atoms with van der Waals surface area (Å²) in [7, 11) is 0. The van der Waals surface area contributed by atoms with Crippen LogP contribution in [0.15, 0.2) is 0 Å². The number of aryl methyl sites for hydroxylation is 1. The molecule has 126 valence electrons. The van der Waals surface area contributed by atoms with Crippen LogP contribution >= 0.6 is 0 Å². The number of carbonyl (C=O) groups is 1. The summed E-state index contributed by atoms with van der Waals surface area (Å²) in [4.78, 5) is 19.3. The van der Waals surface area contributed by atoms with Crippen molar-refractivity contribution in [3.05, 3.63) is 11.6 Å². The summed E-state index contributed by atoms with van der Waals surface area (Å²) < 4.78 is 0. The van der Waals surface area contributed by atoms with Gasteiger partial charge in [-0.05, 0) is 44.9 Å². The van der Waals surface area contributed by atoms with Crippen molar-refractivity contribution in [2.75, 3.05) is 13.1 Å². The second-order valence-electron chi connectivity index (χ2n) is 7.48. The van der Waals surface area contributed by atoms with Crippen LogP contribution in [0.2, 0.25) is 0 Å². The quantitative estimate of drug-likeness (QED) is 0.871. The molecule has 1 aromatic heterocycles. The molecule has 0 spiro atoms. The van der Waals surface area contributed by atoms with Gasteiger partial charge in [0.25, 0.3) is 0 Å². The van der Waals surface area contributed by atoms with E-state index >= 15 is 0 Å². The number of hydrogen-bond donors (Lipinski definition) is 2. The number of aromatic amines is 1. The maximum Gasteiger partial charge on any atom is 0.239 e. The number of H-pyrrole nitrogens is 1. The molecular weight excluding hydrogens is 290 g/mol. The van der Waals surface area contributed by atoms with Crippen LogP contribution in [0.1, 0.15) is 62.5 Å². The lowest BCUT2D eigenvalue weighted by Crippen LogP contribution is -2.48. The van der Waals surface area contributed by atoms with Crippen molar-refractivity contribution in [2.45, 2.75) is 69.9 Å². The van der Waals surface area contributed by atoms with Crippen LogP contribution < -0.4 is 5.32 Å². The molecule has 0 radical (unpaired) electrons. The minimum Gasteiger partial charge on any atom is -0.341 e. The molecule has 23 heavy (non-hydrogen) atoms. The van der Waals surface area contributed by atoms with Gasteiger partial charge in [0.05, 0.1) is 6.04 Å². The zero-order valence-corrected chi connectivity index (χ0v) is 13.9. The Hall–Kier alpha value is -1.43. The number of rotatable bonds is 2. The van der Waals surface area contributed by atoms with Crippen LogP contribution in [0.4, 0.5) is 0 Å². The first kappa shape index (κ1) is 15.1. The molecule has 6 heteroatoms. The van der Waals surface area contributed by atoms with Gasteiger partial charge >= 0.3 is 0 Å². The molecule has 0 aromatic carbocycles. The Labute approximate surface area is 137 Å². The Morgan fingerprint density at radius 1 is 1.17 bits per heavy atom. The van der Waals surface area contributed by atoms with Crippen molar-refractivity contribution in [1.29, 1.82) is 0 Å². The highest BCUT2D eigenvalue weighted by molar-refractivity contribution is 5.82. The van der Waals surface area contributed by atoms with Crippen LogP contribution in [-0.2, 0) is 4.79 Å². The van der Waals surface area contributed by atoms with Crippen LogP contribution in [0.25, 0.3) is 0 Å². The molecule has 3 aliphatic rings. The molecular formula is C17H27N5O. The molecule has 1 amide bonds. The number of amides is 1. The average molecular weight is 317 g/mol. The number of nitrogens with one attached hydrogen (secondary N) is 2. The summed E-state index contributed by atoms with van der Waals surface area (Å²) >= 11 is 0. The second-order valence-corrected chi connectivity index (χ2v) is 7.48. The van der Waals surface area contributed by atoms with Crippen molar-refractivity contribution in [3.63, 3.8) is 0 Å². The van der Waals surface area contributed by atoms with E-state index in [1.807, 2.05) is 6.92 Å². The number of likely N-dealkylation sites (tertiary alicyclic amines) is 1. The summed E-state index contributed by atoms with van der Waals surface area (Å²) in [6, 6.07) is 0.650. The third kappa shape index (κ3) is 3.01. The van der Waals surface area contributed by atoms with Crippen molar-refractivity contribution >= 4 is 5.91 Å². The third-order valence-electron chi connectivity index (χ3n) is 5.95. The fraction of sp³-hybridized carbons (Fsp3) is 0.824. The molecule has 2 N–H and O–H groups in total. The van der Waals surface area contributed by atoms with Gasteiger partial charge in [0.15, 0.2) is 5.82 Å². The summed E-state index contributed by atoms with van der Waals surface area (Å²) in [5.41, 5.74) is 0. The van der Waals surface area contributed by atoms with E-state index < -0.39 is 0 Å². The van der Waals surface area contributed by atoms with E-state index in [1.165, 1.54) is 25.7 Å². The van der Waals surface area contributed by atoms with E-state index in [9.17, 15) is 4.79 Å². The molecule has 0 unspecified atom stereocenters. The molecule has 6 nitrogen and oxygen atoms in total. The van der Waals surface area contributed by atoms with Gasteiger partial charge in [-0.2, -0.15) is 5.10 Å². The molecule has 1 aromatic rings. The third-order valence-corrected chi connectivity index (χ3v) is 5.95. The van der Waals surface area contributed by atoms with Crippen molar-refractivity contribution in [3.8, 4) is 0 Å². The number of fused-ring (bicyclic) bond motifs is 1. The topological polar surface area (TPSA) is 73.9 Å². The van der Waals surface area contributed by atoms with Crippen molar-refractivity contribution in [2.24, 2.45) is 5.92 Å². The van der Waals surface area contributed by atoms with Crippen LogP contribution in [-0.4, -0.2) is 51.2 Å². The Morgan fingerprint density at radius 3 is 2.65 bits per heavy atom. The average Bonchev–Trinajstić information content (AvgIpc) is 3.20. The van der Waals surface area contributed by atoms with E-state index in [1.54, 1.807) is 0 Å². The molecule has 2 aliphatic heterocycles. The summed E-state index contributed by atoms with van der Waals surface area (Å²) in [6.45, 7) is 3.61. The van der Waals surface area contributed by atoms with Gasteiger partial charge in [-0.1, -0.05) is 12.8 Å². The SMILES string of the molecule is Cc1nc(C2CCN(C(=O)[C@@H]3C[C@@H]4CCCC[C@H]4N3)CC2)n[nH]1. The molecule has 2 saturated heterocycles. The van der Waals surface area contributed by atoms with Gasteiger partial charge in [0.2, 0.25) is 5.91 Å². The van der Waals surface area contributed by atoms with E-state index in [0.717, 1.165) is 49.9 Å². The first-order valence-corrected chi connectivity index (χ1v) is 9.14. The fourth-order valence-corrected chi connectivity index (χ4v) is 4.63. The van der Waals surface area contributed by atoms with E-state index in [0.29, 0.717) is 17.9 Å². The number of piperidine rings is 1. The first-order valence-electron chi connectivity index (χ1n) is 9.14. The highest BCUT2D eigenvalue weighted by atomic mass is 16.2. The predicted molar refractivity (Wildman–Crippen MR) is 87.0 cm³/mol. The molecule has 3 heterocycles. The molecule has 3 fully saturated rings. The summed E-state index contributed by atoms with van der Waals surface area (Å²) in [5, 5.41) is 10.8. The number of nitrogens with zero attached hydrogens (tertiary/aromatic N) is 3. The van der Waals surface area contributed by atoms with Gasteiger partial charge in [-0.3, -0.25) is 9.89 Å². The lowest BCUT2D eigenvalue weighted by atomic mass is 9.85. The van der Waals surface area contributed by atoms with Crippen molar-refractivity contribution < 1.29 is 4.79 Å². The standard InChI is InChI=1S/C17H27N5O/c1-11-18-16(21-20-11)12-6-8-22(9-7-12)17(23)15-10-13-4-2-3-5-14(13)19-15/h12-15,19H,2-10H2,1H3,(H,18,20,21)/t13-,14+,15-/m0/s1. The number of aromatic nitrogens is 3. The maximum atomic E-state index is 12.8. The zero-order chi connectivity index (χ0) is 15.8. The van der Waals surface area contributed by atoms with Gasteiger partial charge in [0.1, 0.15) is 5.82 Å². The Kier molecular flexibility index (Phi) is 4.09. The number of carbonyl (C=O) groups excluding carboxylic acids is 1. The van der Waals surface area contributed by atoms with E-state index in [2.05, 4.69) is 25.4 Å². The lowest BCUT2D eigenvalue weighted by molar-refractivity contribution is -0.134. The smallest absolute Gasteiger partial charge is 0.239 e. The molecule has 0 bridgehead atoms. The molecule has 1 saturated carbocycles. The van der Waals surface area contributed by atoms with E-state index in [-0.39, 0.29) is 6.04 Å². The van der Waals surface area contributed by atoms with Crippen molar-refractivity contribution in [1.82, 2.24) is 25.4 Å². The molecule has 4 rings (SSSR count). The fourth-order valence-electron chi connectivity index (χ4n) is 4.63. The normalized spacial score (nSPS) is 32.0. The number of hydrogen-bond acceptors (Lipinski definition) is 4. The second kappa shape index (κ2) is 6.23. The van der Waals surface area contributed by atoms with Crippen LogP contribution in [0, 0.1) is 12.8 Å². The highest BCUT2D eigenvalue weighted by Gasteiger charge is 2.40. The van der Waals surface area contributed by atoms with Gasteiger partial charge in [-0.15, -0.1) is 0 Å². The minimum absolute atomic E-state index is 0.0606. The Balaban J connectivity index is 1.32. The predicted octanol–water partition coefficient (Wildman–Crippen LogP) is 1.74. The summed E-state index contributed by atoms with van der Waals surface area (Å²) in [6.07, 6.45) is 8.20.